The van der Waals surface area contributed by atoms with E-state index in [2.05, 4.69) is 23.6 Å². The minimum Gasteiger partial charge on any atom is -0.491 e. The molecule has 1 N–H and O–H groups in total. The van der Waals surface area contributed by atoms with Crippen molar-refractivity contribution in [1.29, 1.82) is 0 Å². The topological polar surface area (TPSA) is 35.9 Å². The summed E-state index contributed by atoms with van der Waals surface area (Å²) >= 11 is 0. The van der Waals surface area contributed by atoms with E-state index in [4.69, 9.17) is 4.74 Å². The summed E-state index contributed by atoms with van der Waals surface area (Å²) < 4.78 is 5.74. The van der Waals surface area contributed by atoms with Crippen molar-refractivity contribution in [2.75, 3.05) is 45.9 Å². The molecule has 0 spiro atoms. The zero-order chi connectivity index (χ0) is 16.7. The van der Waals surface area contributed by atoms with Crippen molar-refractivity contribution in [3.05, 3.63) is 29.8 Å². The molecule has 4 heteroatoms. The Morgan fingerprint density at radius 2 is 1.74 bits per heavy atom. The van der Waals surface area contributed by atoms with Gasteiger partial charge in [-0.25, -0.2) is 0 Å². The van der Waals surface area contributed by atoms with E-state index in [0.29, 0.717) is 13.2 Å². The van der Waals surface area contributed by atoms with E-state index in [0.717, 1.165) is 43.4 Å². The third-order valence-corrected chi connectivity index (χ3v) is 4.48. The highest BCUT2D eigenvalue weighted by molar-refractivity contribution is 5.31. The maximum absolute atomic E-state index is 10.2. The van der Waals surface area contributed by atoms with Crippen molar-refractivity contribution in [2.45, 2.75) is 33.3 Å². The Morgan fingerprint density at radius 1 is 1.09 bits per heavy atom. The van der Waals surface area contributed by atoms with Crippen LogP contribution in [0.4, 0.5) is 0 Å². The Morgan fingerprint density at radius 3 is 2.39 bits per heavy atom. The highest BCUT2D eigenvalue weighted by Gasteiger charge is 2.19. The van der Waals surface area contributed by atoms with Crippen molar-refractivity contribution in [1.82, 2.24) is 9.80 Å². The predicted molar refractivity (Wildman–Crippen MR) is 95.0 cm³/mol. The molecule has 1 aromatic rings. The first-order valence-electron chi connectivity index (χ1n) is 8.86. The van der Waals surface area contributed by atoms with Crippen molar-refractivity contribution < 1.29 is 9.84 Å². The van der Waals surface area contributed by atoms with Crippen molar-refractivity contribution in [2.24, 2.45) is 5.92 Å². The minimum atomic E-state index is -0.433. The highest BCUT2D eigenvalue weighted by Crippen LogP contribution is 2.16. The smallest absolute Gasteiger partial charge is 0.122 e. The van der Waals surface area contributed by atoms with Crippen molar-refractivity contribution >= 4 is 0 Å². The van der Waals surface area contributed by atoms with Crippen LogP contribution >= 0.6 is 0 Å². The van der Waals surface area contributed by atoms with Crippen molar-refractivity contribution in [3.63, 3.8) is 0 Å². The Balaban J connectivity index is 1.65. The molecule has 1 unspecified atom stereocenters. The summed E-state index contributed by atoms with van der Waals surface area (Å²) in [4.78, 5) is 4.88. The standard InChI is InChI=1S/C19H32N2O2/c1-16(2)8-9-20-10-12-21(13-11-20)14-18(22)15-23-19-7-5-4-6-17(19)3/h4-7,16,18,22H,8-15H2,1-3H3. The van der Waals surface area contributed by atoms with Gasteiger partial charge >= 0.3 is 0 Å². The molecule has 2 rings (SSSR count). The van der Waals surface area contributed by atoms with E-state index >= 15 is 0 Å². The van der Waals surface area contributed by atoms with Gasteiger partial charge < -0.3 is 14.7 Å². The first kappa shape index (κ1) is 18.2. The first-order chi connectivity index (χ1) is 11.0. The Labute approximate surface area is 141 Å². The van der Waals surface area contributed by atoms with E-state index in [-0.39, 0.29) is 0 Å². The number of rotatable bonds is 8. The third kappa shape index (κ3) is 6.50. The van der Waals surface area contributed by atoms with Crippen LogP contribution in [0.3, 0.4) is 0 Å². The number of aliphatic hydroxyl groups excluding tert-OH is 1. The number of para-hydroxylation sites is 1. The van der Waals surface area contributed by atoms with Gasteiger partial charge in [-0.05, 0) is 37.4 Å². The van der Waals surface area contributed by atoms with E-state index in [1.165, 1.54) is 13.0 Å². The predicted octanol–water partition coefficient (Wildman–Crippen LogP) is 2.40. The number of nitrogens with zero attached hydrogens (tertiary/aromatic N) is 2. The van der Waals surface area contributed by atoms with E-state index in [9.17, 15) is 5.11 Å². The van der Waals surface area contributed by atoms with Crippen LogP contribution < -0.4 is 4.74 Å². The maximum Gasteiger partial charge on any atom is 0.122 e. The lowest BCUT2D eigenvalue weighted by Crippen LogP contribution is -2.49. The van der Waals surface area contributed by atoms with Gasteiger partial charge in [0, 0.05) is 32.7 Å². The van der Waals surface area contributed by atoms with E-state index < -0.39 is 6.10 Å². The molecule has 0 saturated carbocycles. The molecule has 0 aliphatic carbocycles. The van der Waals surface area contributed by atoms with Gasteiger partial charge in [0.1, 0.15) is 18.5 Å². The largest absolute Gasteiger partial charge is 0.491 e. The lowest BCUT2D eigenvalue weighted by atomic mass is 10.1. The average Bonchev–Trinajstić information content (AvgIpc) is 2.53. The zero-order valence-corrected chi connectivity index (χ0v) is 14.9. The van der Waals surface area contributed by atoms with Gasteiger partial charge in [0.25, 0.3) is 0 Å². The van der Waals surface area contributed by atoms with Crippen LogP contribution in [0, 0.1) is 12.8 Å². The second-order valence-electron chi connectivity index (χ2n) is 7.06. The number of hydrogen-bond donors (Lipinski definition) is 1. The number of aliphatic hydroxyl groups is 1. The second kappa shape index (κ2) is 9.26. The van der Waals surface area contributed by atoms with Crippen molar-refractivity contribution in [3.8, 4) is 5.75 Å². The summed E-state index contributed by atoms with van der Waals surface area (Å²) in [7, 11) is 0. The molecule has 4 nitrogen and oxygen atoms in total. The summed E-state index contributed by atoms with van der Waals surface area (Å²) in [5.41, 5.74) is 1.11. The van der Waals surface area contributed by atoms with Crippen LogP contribution in [0.15, 0.2) is 24.3 Å². The fourth-order valence-electron chi connectivity index (χ4n) is 2.89. The summed E-state index contributed by atoms with van der Waals surface area (Å²) in [5.74, 6) is 1.64. The van der Waals surface area contributed by atoms with Gasteiger partial charge in [-0.2, -0.15) is 0 Å². The molecule has 23 heavy (non-hydrogen) atoms. The van der Waals surface area contributed by atoms with Crippen LogP contribution in [-0.2, 0) is 0 Å². The minimum absolute atomic E-state index is 0.360. The molecule has 1 aliphatic rings. The molecule has 130 valence electrons. The van der Waals surface area contributed by atoms with Crippen LogP contribution in [-0.4, -0.2) is 66.9 Å². The number of hydrogen-bond acceptors (Lipinski definition) is 4. The van der Waals surface area contributed by atoms with Gasteiger partial charge in [0.05, 0.1) is 0 Å². The fraction of sp³-hybridized carbons (Fsp3) is 0.684. The summed E-state index contributed by atoms with van der Waals surface area (Å²) in [6, 6.07) is 7.94. The molecule has 1 saturated heterocycles. The molecule has 0 bridgehead atoms. The Kier molecular flexibility index (Phi) is 7.34. The van der Waals surface area contributed by atoms with Gasteiger partial charge in [0.15, 0.2) is 0 Å². The Hall–Kier alpha value is -1.10. The summed E-state index contributed by atoms with van der Waals surface area (Å²) in [5, 5.41) is 10.2. The maximum atomic E-state index is 10.2. The molecule has 0 radical (unpaired) electrons. The average molecular weight is 320 g/mol. The van der Waals surface area contributed by atoms with E-state index in [1.54, 1.807) is 0 Å². The third-order valence-electron chi connectivity index (χ3n) is 4.48. The van der Waals surface area contributed by atoms with Crippen LogP contribution in [0.2, 0.25) is 0 Å². The van der Waals surface area contributed by atoms with Gasteiger partial charge in [-0.1, -0.05) is 32.0 Å². The molecular formula is C19H32N2O2. The molecular weight excluding hydrogens is 288 g/mol. The first-order valence-corrected chi connectivity index (χ1v) is 8.86. The second-order valence-corrected chi connectivity index (χ2v) is 7.06. The van der Waals surface area contributed by atoms with Crippen LogP contribution in [0.1, 0.15) is 25.8 Å². The number of aryl methyl sites for hydroxylation is 1. The number of ether oxygens (including phenoxy) is 1. The number of benzene rings is 1. The molecule has 0 aromatic heterocycles. The molecule has 0 amide bonds. The van der Waals surface area contributed by atoms with Gasteiger partial charge in [-0.3, -0.25) is 4.90 Å². The molecule has 1 heterocycles. The van der Waals surface area contributed by atoms with Gasteiger partial charge in [-0.15, -0.1) is 0 Å². The van der Waals surface area contributed by atoms with Gasteiger partial charge in [0.2, 0.25) is 0 Å². The number of β-amino-alcohol motifs (C(OH)–C–C–N with tert-alkyl or cyclic N) is 1. The highest BCUT2D eigenvalue weighted by atomic mass is 16.5. The monoisotopic (exact) mass is 320 g/mol. The number of piperazine rings is 1. The van der Waals surface area contributed by atoms with Crippen LogP contribution in [0.25, 0.3) is 0 Å². The van der Waals surface area contributed by atoms with Crippen LogP contribution in [0.5, 0.6) is 5.75 Å². The molecule has 1 aromatic carbocycles. The normalized spacial score (nSPS) is 18.3. The van der Waals surface area contributed by atoms with E-state index in [1.807, 2.05) is 31.2 Å². The molecule has 1 aliphatic heterocycles. The SMILES string of the molecule is Cc1ccccc1OCC(O)CN1CCN(CCC(C)C)CC1. The molecule has 1 atom stereocenters. The summed E-state index contributed by atoms with van der Waals surface area (Å²) in [6.45, 7) is 13.1. The molecule has 1 fully saturated rings. The lowest BCUT2D eigenvalue weighted by Gasteiger charge is -2.35. The zero-order valence-electron chi connectivity index (χ0n) is 14.9. The summed E-state index contributed by atoms with van der Waals surface area (Å²) in [6.07, 6.45) is 0.837. The lowest BCUT2D eigenvalue weighted by molar-refractivity contribution is 0.0452. The fourth-order valence-corrected chi connectivity index (χ4v) is 2.89. The Bertz CT molecular complexity index is 456. The quantitative estimate of drug-likeness (QED) is 0.798.